The molecule has 0 aliphatic heterocycles. The molecule has 2 N–H and O–H groups in total. The third-order valence-electron chi connectivity index (χ3n) is 2.51. The molecule has 1 rings (SSSR count). The highest BCUT2D eigenvalue weighted by Crippen LogP contribution is 2.12. The highest BCUT2D eigenvalue weighted by Gasteiger charge is 2.15. The molecular formula is C14H23FN4O2. The van der Waals surface area contributed by atoms with Gasteiger partial charge in [-0.05, 0) is 33.6 Å². The fourth-order valence-electron chi connectivity index (χ4n) is 1.58. The van der Waals surface area contributed by atoms with Crippen molar-refractivity contribution in [2.24, 2.45) is 0 Å². The van der Waals surface area contributed by atoms with Gasteiger partial charge >= 0.3 is 6.09 Å². The van der Waals surface area contributed by atoms with Crippen molar-refractivity contribution in [2.45, 2.75) is 46.1 Å². The van der Waals surface area contributed by atoms with E-state index in [9.17, 15) is 9.18 Å². The van der Waals surface area contributed by atoms with Crippen molar-refractivity contribution in [3.8, 4) is 0 Å². The maximum absolute atomic E-state index is 13.8. The number of nitrogens with one attached hydrogen (secondary N) is 2. The number of halogens is 1. The van der Waals surface area contributed by atoms with Gasteiger partial charge in [-0.3, -0.25) is 0 Å². The number of amides is 1. The van der Waals surface area contributed by atoms with E-state index in [4.69, 9.17) is 4.74 Å². The van der Waals surface area contributed by atoms with Gasteiger partial charge in [-0.25, -0.2) is 19.2 Å². The number of alkyl carbamates (subject to hydrolysis) is 1. The highest BCUT2D eigenvalue weighted by atomic mass is 19.1. The molecule has 0 saturated carbocycles. The lowest BCUT2D eigenvalue weighted by Gasteiger charge is -2.19. The van der Waals surface area contributed by atoms with Crippen molar-refractivity contribution in [1.82, 2.24) is 15.3 Å². The van der Waals surface area contributed by atoms with Gasteiger partial charge in [0.2, 0.25) is 0 Å². The molecule has 6 nitrogen and oxygen atoms in total. The van der Waals surface area contributed by atoms with Gasteiger partial charge in [0, 0.05) is 13.1 Å². The number of ether oxygens (including phenoxy) is 1. The summed E-state index contributed by atoms with van der Waals surface area (Å²) in [5.41, 5.74) is -0.123. The number of anilines is 1. The molecule has 0 aromatic carbocycles. The smallest absolute Gasteiger partial charge is 0.407 e. The van der Waals surface area contributed by atoms with Crippen LogP contribution in [0, 0.1) is 5.82 Å². The summed E-state index contributed by atoms with van der Waals surface area (Å²) in [4.78, 5) is 19.1. The topological polar surface area (TPSA) is 76.1 Å². The average Bonchev–Trinajstić information content (AvgIpc) is 2.38. The van der Waals surface area contributed by atoms with E-state index in [1.807, 2.05) is 6.92 Å². The summed E-state index contributed by atoms with van der Waals surface area (Å²) >= 11 is 0. The van der Waals surface area contributed by atoms with Crippen LogP contribution in [-0.2, 0) is 11.2 Å². The molecule has 0 aliphatic carbocycles. The number of hydrogen-bond acceptors (Lipinski definition) is 5. The second kappa shape index (κ2) is 7.75. The summed E-state index contributed by atoms with van der Waals surface area (Å²) in [6.45, 7) is 8.17. The second-order valence-corrected chi connectivity index (χ2v) is 5.55. The Labute approximate surface area is 124 Å². The lowest BCUT2D eigenvalue weighted by atomic mass is 10.2. The molecule has 0 bridgehead atoms. The summed E-state index contributed by atoms with van der Waals surface area (Å²) < 4.78 is 18.9. The summed E-state index contributed by atoms with van der Waals surface area (Å²) in [5, 5.41) is 5.53. The molecule has 7 heteroatoms. The van der Waals surface area contributed by atoms with Crippen LogP contribution in [0.1, 0.15) is 39.8 Å². The molecule has 0 fully saturated rings. The average molecular weight is 298 g/mol. The minimum absolute atomic E-state index is 0.194. The summed E-state index contributed by atoms with van der Waals surface area (Å²) in [6, 6.07) is 0. The van der Waals surface area contributed by atoms with Crippen molar-refractivity contribution in [3.05, 3.63) is 17.8 Å². The highest BCUT2D eigenvalue weighted by molar-refractivity contribution is 5.67. The van der Waals surface area contributed by atoms with Gasteiger partial charge in [-0.2, -0.15) is 0 Å². The predicted molar refractivity (Wildman–Crippen MR) is 78.7 cm³/mol. The zero-order valence-corrected chi connectivity index (χ0v) is 13.0. The van der Waals surface area contributed by atoms with Crippen LogP contribution in [0.4, 0.5) is 15.0 Å². The van der Waals surface area contributed by atoms with Gasteiger partial charge in [0.25, 0.3) is 0 Å². The van der Waals surface area contributed by atoms with Crippen LogP contribution in [0.3, 0.4) is 0 Å². The van der Waals surface area contributed by atoms with Crippen LogP contribution in [0.5, 0.6) is 0 Å². The first kappa shape index (κ1) is 17.1. The Hall–Kier alpha value is -1.92. The standard InChI is InChI=1S/C14H23FN4O2/c1-5-10-11(15)12(19-9-18-10)16-7-6-8-17-13(20)21-14(2,3)4/h9H,5-8H2,1-4H3,(H,17,20)(H,16,18,19). The Bertz CT molecular complexity index is 475. The van der Waals surface area contributed by atoms with Gasteiger partial charge < -0.3 is 15.4 Å². The second-order valence-electron chi connectivity index (χ2n) is 5.55. The monoisotopic (exact) mass is 298 g/mol. The van der Waals surface area contributed by atoms with Crippen LogP contribution in [0.25, 0.3) is 0 Å². The summed E-state index contributed by atoms with van der Waals surface area (Å²) in [7, 11) is 0. The Balaban J connectivity index is 2.28. The molecule has 0 radical (unpaired) electrons. The lowest BCUT2D eigenvalue weighted by molar-refractivity contribution is 0.0528. The number of aromatic nitrogens is 2. The van der Waals surface area contributed by atoms with Gasteiger partial charge in [-0.15, -0.1) is 0 Å². The van der Waals surface area contributed by atoms with Crippen LogP contribution >= 0.6 is 0 Å². The van der Waals surface area contributed by atoms with Crippen molar-refractivity contribution < 1.29 is 13.9 Å². The van der Waals surface area contributed by atoms with Crippen molar-refractivity contribution in [2.75, 3.05) is 18.4 Å². The molecule has 1 heterocycles. The number of nitrogens with zero attached hydrogens (tertiary/aromatic N) is 2. The molecule has 0 spiro atoms. The van der Waals surface area contributed by atoms with E-state index in [2.05, 4.69) is 20.6 Å². The first-order valence-electron chi connectivity index (χ1n) is 7.03. The van der Waals surface area contributed by atoms with E-state index in [0.29, 0.717) is 31.6 Å². The van der Waals surface area contributed by atoms with Gasteiger partial charge in [0.15, 0.2) is 11.6 Å². The SMILES string of the molecule is CCc1ncnc(NCCCNC(=O)OC(C)(C)C)c1F. The van der Waals surface area contributed by atoms with E-state index < -0.39 is 17.5 Å². The van der Waals surface area contributed by atoms with E-state index in [1.165, 1.54) is 6.33 Å². The maximum Gasteiger partial charge on any atom is 0.407 e. The molecular weight excluding hydrogens is 275 g/mol. The summed E-state index contributed by atoms with van der Waals surface area (Å²) in [6.07, 6.45) is 2.03. The zero-order valence-electron chi connectivity index (χ0n) is 13.0. The van der Waals surface area contributed by atoms with E-state index in [0.717, 1.165) is 0 Å². The fraction of sp³-hybridized carbons (Fsp3) is 0.643. The molecule has 0 aliphatic rings. The first-order valence-corrected chi connectivity index (χ1v) is 7.03. The molecule has 0 unspecified atom stereocenters. The van der Waals surface area contributed by atoms with Gasteiger partial charge in [-0.1, -0.05) is 6.92 Å². The van der Waals surface area contributed by atoms with E-state index >= 15 is 0 Å². The molecule has 1 aromatic rings. The Morgan fingerprint density at radius 1 is 1.33 bits per heavy atom. The Morgan fingerprint density at radius 2 is 2.05 bits per heavy atom. The van der Waals surface area contributed by atoms with Crippen molar-refractivity contribution in [3.63, 3.8) is 0 Å². The third kappa shape index (κ3) is 6.37. The molecule has 0 saturated heterocycles. The molecule has 21 heavy (non-hydrogen) atoms. The largest absolute Gasteiger partial charge is 0.444 e. The zero-order chi connectivity index (χ0) is 15.9. The fourth-order valence-corrected chi connectivity index (χ4v) is 1.58. The Kier molecular flexibility index (Phi) is 6.33. The van der Waals surface area contributed by atoms with E-state index in [1.54, 1.807) is 20.8 Å². The predicted octanol–water partition coefficient (Wildman–Crippen LogP) is 2.50. The molecule has 0 atom stereocenters. The van der Waals surface area contributed by atoms with Crippen LogP contribution in [0.2, 0.25) is 0 Å². The normalized spacial score (nSPS) is 11.1. The molecule has 1 aromatic heterocycles. The lowest BCUT2D eigenvalue weighted by Crippen LogP contribution is -2.33. The maximum atomic E-state index is 13.8. The van der Waals surface area contributed by atoms with Gasteiger partial charge in [0.05, 0.1) is 5.69 Å². The van der Waals surface area contributed by atoms with Crippen LogP contribution in [-0.4, -0.2) is 34.8 Å². The number of hydrogen-bond donors (Lipinski definition) is 2. The van der Waals surface area contributed by atoms with Crippen molar-refractivity contribution in [1.29, 1.82) is 0 Å². The number of rotatable bonds is 6. The third-order valence-corrected chi connectivity index (χ3v) is 2.51. The number of carbonyl (C=O) groups is 1. The quantitative estimate of drug-likeness (QED) is 0.789. The van der Waals surface area contributed by atoms with E-state index in [-0.39, 0.29) is 5.82 Å². The molecule has 118 valence electrons. The molecule has 1 amide bonds. The minimum atomic E-state index is -0.511. The number of carbonyl (C=O) groups excluding carboxylic acids is 1. The summed E-state index contributed by atoms with van der Waals surface area (Å²) in [5.74, 6) is -0.223. The van der Waals surface area contributed by atoms with Crippen molar-refractivity contribution >= 4 is 11.9 Å². The van der Waals surface area contributed by atoms with Crippen LogP contribution < -0.4 is 10.6 Å². The van der Waals surface area contributed by atoms with Crippen LogP contribution in [0.15, 0.2) is 6.33 Å². The minimum Gasteiger partial charge on any atom is -0.444 e. The first-order chi connectivity index (χ1) is 9.83. The Morgan fingerprint density at radius 3 is 2.67 bits per heavy atom. The van der Waals surface area contributed by atoms with Gasteiger partial charge in [0.1, 0.15) is 11.9 Å². The number of aryl methyl sites for hydroxylation is 1.